The van der Waals surface area contributed by atoms with E-state index in [1.807, 2.05) is 6.92 Å². The molecule has 0 unspecified atom stereocenters. The van der Waals surface area contributed by atoms with Crippen LogP contribution >= 0.6 is 0 Å². The van der Waals surface area contributed by atoms with Gasteiger partial charge in [0.2, 0.25) is 0 Å². The van der Waals surface area contributed by atoms with Gasteiger partial charge in [0.25, 0.3) is 0 Å². The summed E-state index contributed by atoms with van der Waals surface area (Å²) in [6.07, 6.45) is 3.84. The number of aromatic nitrogens is 2. The van der Waals surface area contributed by atoms with Crippen LogP contribution in [-0.2, 0) is 6.42 Å². The van der Waals surface area contributed by atoms with Gasteiger partial charge in [-0.15, -0.1) is 8.78 Å². The van der Waals surface area contributed by atoms with Crippen LogP contribution in [0.4, 0.5) is 14.6 Å². The summed E-state index contributed by atoms with van der Waals surface area (Å²) in [5.41, 5.74) is 7.55. The Balaban J connectivity index is 1.17. The molecule has 0 spiro atoms. The molecule has 0 radical (unpaired) electrons. The lowest BCUT2D eigenvalue weighted by atomic mass is 9.74. The number of piperidine rings is 1. The first-order valence-corrected chi connectivity index (χ1v) is 11.6. The van der Waals surface area contributed by atoms with Crippen molar-refractivity contribution >= 4 is 23.2 Å². The molecule has 1 fully saturated rings. The lowest BCUT2D eigenvalue weighted by Crippen LogP contribution is -2.43. The van der Waals surface area contributed by atoms with Gasteiger partial charge in [0.15, 0.2) is 11.5 Å². The summed E-state index contributed by atoms with van der Waals surface area (Å²) in [5.74, 6) is 1.16. The van der Waals surface area contributed by atoms with Crippen LogP contribution in [0.15, 0.2) is 40.8 Å². The summed E-state index contributed by atoms with van der Waals surface area (Å²) < 4.78 is 36.0. The molecule has 0 saturated carbocycles. The lowest BCUT2D eigenvalue weighted by Gasteiger charge is -2.40. The van der Waals surface area contributed by atoms with Gasteiger partial charge in [-0.2, -0.15) is 0 Å². The second-order valence-electron chi connectivity index (χ2n) is 9.90. The van der Waals surface area contributed by atoms with Crippen molar-refractivity contribution in [3.05, 3.63) is 52.6 Å². The second kappa shape index (κ2) is 7.35. The Hall–Kier alpha value is -3.29. The van der Waals surface area contributed by atoms with Crippen molar-refractivity contribution in [2.45, 2.75) is 52.7 Å². The van der Waals surface area contributed by atoms with Crippen molar-refractivity contribution in [2.24, 2.45) is 10.4 Å². The highest BCUT2D eigenvalue weighted by Gasteiger charge is 2.44. The predicted octanol–water partition coefficient (Wildman–Crippen LogP) is 5.64. The number of benzene rings is 1. The molecule has 3 aliphatic heterocycles. The minimum Gasteiger partial charge on any atom is -0.395 e. The number of fused-ring (bicyclic) bond motifs is 2. The van der Waals surface area contributed by atoms with Gasteiger partial charge < -0.3 is 14.4 Å². The molecule has 0 N–H and O–H groups in total. The summed E-state index contributed by atoms with van der Waals surface area (Å²) in [7, 11) is 0. The summed E-state index contributed by atoms with van der Waals surface area (Å²) in [4.78, 5) is 16.4. The standard InChI is InChI=1S/C26H26F2N4O2/c1-15-10-19-20(11-15)29-14-30-24(19)32-8-6-25(3,7-9-32)23-13-18(16(2)31-23)17-4-5-21-22(12-17)34-26(27,28)33-21/h4-5,10,12,14H,6-9,11,13H2,1-3H3. The van der Waals surface area contributed by atoms with E-state index >= 15 is 0 Å². The van der Waals surface area contributed by atoms with Crippen LogP contribution in [0, 0.1) is 5.41 Å². The van der Waals surface area contributed by atoms with Crippen molar-refractivity contribution in [2.75, 3.05) is 18.0 Å². The van der Waals surface area contributed by atoms with E-state index in [-0.39, 0.29) is 16.9 Å². The quantitative estimate of drug-likeness (QED) is 0.588. The Bertz CT molecular complexity index is 1290. The Morgan fingerprint density at radius 3 is 2.56 bits per heavy atom. The number of ether oxygens (including phenoxy) is 2. The molecule has 8 heteroatoms. The zero-order valence-electron chi connectivity index (χ0n) is 19.5. The highest BCUT2D eigenvalue weighted by atomic mass is 19.3. The molecule has 176 valence electrons. The highest BCUT2D eigenvalue weighted by molar-refractivity contribution is 6.03. The van der Waals surface area contributed by atoms with Crippen molar-refractivity contribution in [1.82, 2.24) is 9.97 Å². The SMILES string of the molecule is CC1=Cc2c(ncnc2N2CCC(C)(C3=NC(C)=C(c4ccc5c(c4)OC(F)(F)O5)C3)CC2)C1. The highest BCUT2D eigenvalue weighted by Crippen LogP contribution is 2.46. The normalized spacial score (nSPS) is 22.1. The van der Waals surface area contributed by atoms with E-state index in [0.29, 0.717) is 6.42 Å². The summed E-state index contributed by atoms with van der Waals surface area (Å²) >= 11 is 0. The summed E-state index contributed by atoms with van der Waals surface area (Å²) in [6, 6.07) is 4.97. The third-order valence-electron chi connectivity index (χ3n) is 7.48. The van der Waals surface area contributed by atoms with E-state index in [9.17, 15) is 8.78 Å². The second-order valence-corrected chi connectivity index (χ2v) is 9.90. The number of hydrogen-bond donors (Lipinski definition) is 0. The minimum atomic E-state index is -3.61. The van der Waals surface area contributed by atoms with Crippen LogP contribution in [0.5, 0.6) is 11.5 Å². The van der Waals surface area contributed by atoms with Gasteiger partial charge in [-0.3, -0.25) is 4.99 Å². The van der Waals surface area contributed by atoms with Gasteiger partial charge in [-0.25, -0.2) is 9.97 Å². The van der Waals surface area contributed by atoms with Crippen molar-refractivity contribution in [3.63, 3.8) is 0 Å². The molecule has 1 aliphatic carbocycles. The third-order valence-corrected chi connectivity index (χ3v) is 7.48. The number of nitrogens with zero attached hydrogens (tertiary/aromatic N) is 4. The van der Waals surface area contributed by atoms with Crippen LogP contribution in [0.2, 0.25) is 0 Å². The molecule has 1 aromatic heterocycles. The number of hydrogen-bond acceptors (Lipinski definition) is 6. The maximum Gasteiger partial charge on any atom is 0.586 e. The fourth-order valence-corrected chi connectivity index (χ4v) is 5.43. The summed E-state index contributed by atoms with van der Waals surface area (Å²) in [5, 5.41) is 0. The number of alkyl halides is 2. The van der Waals surface area contributed by atoms with E-state index < -0.39 is 6.29 Å². The molecule has 2 aromatic rings. The molecule has 0 atom stereocenters. The molecule has 1 aromatic carbocycles. The van der Waals surface area contributed by atoms with Crippen molar-refractivity contribution in [3.8, 4) is 11.5 Å². The molecule has 34 heavy (non-hydrogen) atoms. The van der Waals surface area contributed by atoms with E-state index in [1.165, 1.54) is 5.57 Å². The molecule has 0 amide bonds. The molecular weight excluding hydrogens is 438 g/mol. The van der Waals surface area contributed by atoms with Crippen LogP contribution in [0.25, 0.3) is 11.6 Å². The van der Waals surface area contributed by atoms with E-state index in [4.69, 9.17) is 4.99 Å². The van der Waals surface area contributed by atoms with Crippen molar-refractivity contribution < 1.29 is 18.3 Å². The van der Waals surface area contributed by atoms with Gasteiger partial charge >= 0.3 is 6.29 Å². The predicted molar refractivity (Wildman–Crippen MR) is 126 cm³/mol. The maximum atomic E-state index is 13.4. The molecule has 0 bridgehead atoms. The maximum absolute atomic E-state index is 13.4. The topological polar surface area (TPSA) is 59.8 Å². The molecule has 1 saturated heterocycles. The van der Waals surface area contributed by atoms with Gasteiger partial charge in [-0.1, -0.05) is 24.6 Å². The van der Waals surface area contributed by atoms with Gasteiger partial charge in [0, 0.05) is 48.3 Å². The average Bonchev–Trinajstić information content (AvgIpc) is 3.46. The largest absolute Gasteiger partial charge is 0.586 e. The Kier molecular flexibility index (Phi) is 4.60. The van der Waals surface area contributed by atoms with E-state index in [0.717, 1.165) is 72.0 Å². The number of rotatable bonds is 3. The first-order valence-electron chi connectivity index (χ1n) is 11.6. The Labute approximate surface area is 197 Å². The Morgan fingerprint density at radius 2 is 1.76 bits per heavy atom. The minimum absolute atomic E-state index is 0.0230. The van der Waals surface area contributed by atoms with E-state index in [2.05, 4.69) is 44.3 Å². The van der Waals surface area contributed by atoms with Crippen LogP contribution < -0.4 is 14.4 Å². The third kappa shape index (κ3) is 3.47. The summed E-state index contributed by atoms with van der Waals surface area (Å²) in [6.45, 7) is 8.21. The number of aliphatic imine (C=N–C) groups is 1. The number of allylic oxidation sites excluding steroid dienone is 3. The zero-order valence-corrected chi connectivity index (χ0v) is 19.5. The monoisotopic (exact) mass is 464 g/mol. The fraction of sp³-hybridized carbons (Fsp3) is 0.423. The first-order chi connectivity index (χ1) is 16.2. The molecule has 4 aliphatic rings. The molecule has 4 heterocycles. The van der Waals surface area contributed by atoms with Gasteiger partial charge in [0.1, 0.15) is 12.1 Å². The molecule has 6 rings (SSSR count). The lowest BCUT2D eigenvalue weighted by molar-refractivity contribution is -0.286. The van der Waals surface area contributed by atoms with Crippen molar-refractivity contribution in [1.29, 1.82) is 0 Å². The van der Waals surface area contributed by atoms with Gasteiger partial charge in [-0.05, 0) is 50.0 Å². The number of anilines is 1. The molecular formula is C26H26F2N4O2. The average molecular weight is 465 g/mol. The van der Waals surface area contributed by atoms with Crippen LogP contribution in [0.1, 0.15) is 56.9 Å². The first kappa shape index (κ1) is 21.3. The zero-order chi connectivity index (χ0) is 23.7. The number of halogens is 2. The van der Waals surface area contributed by atoms with Gasteiger partial charge in [0.05, 0.1) is 5.69 Å². The van der Waals surface area contributed by atoms with E-state index in [1.54, 1.807) is 24.5 Å². The van der Waals surface area contributed by atoms with Crippen LogP contribution in [0.3, 0.4) is 0 Å². The van der Waals surface area contributed by atoms with Crippen LogP contribution in [-0.4, -0.2) is 35.1 Å². The Morgan fingerprint density at radius 1 is 1.00 bits per heavy atom. The fourth-order valence-electron chi connectivity index (χ4n) is 5.43. The molecule has 6 nitrogen and oxygen atoms in total. The smallest absolute Gasteiger partial charge is 0.395 e.